The van der Waals surface area contributed by atoms with Gasteiger partial charge in [-0.2, -0.15) is 0 Å². The molecule has 6 rings (SSSR count). The molecule has 0 spiro atoms. The Bertz CT molecular complexity index is 2120. The average molecular weight is 667 g/mol. The van der Waals surface area contributed by atoms with Crippen molar-refractivity contribution in [3.8, 4) is 11.8 Å². The van der Waals surface area contributed by atoms with Crippen LogP contribution in [0.5, 0.6) is 0 Å². The number of nitrogens with zero attached hydrogens (tertiary/aromatic N) is 6. The molecular weight excluding hydrogens is 633 g/mol. The van der Waals surface area contributed by atoms with Gasteiger partial charge in [-0.05, 0) is 87.1 Å². The van der Waals surface area contributed by atoms with Crippen LogP contribution in [0.2, 0.25) is 0 Å². The van der Waals surface area contributed by atoms with E-state index in [0.29, 0.717) is 23.1 Å². The summed E-state index contributed by atoms with van der Waals surface area (Å²) >= 11 is 0. The van der Waals surface area contributed by atoms with E-state index < -0.39 is 28.9 Å². The number of likely N-dealkylation sites (tertiary alicyclic amines) is 1. The number of piperidine rings is 1. The molecule has 10 nitrogen and oxygen atoms in total. The van der Waals surface area contributed by atoms with Gasteiger partial charge in [0.05, 0.1) is 35.9 Å². The first-order chi connectivity index (χ1) is 23.7. The van der Waals surface area contributed by atoms with Crippen molar-refractivity contribution >= 4 is 34.1 Å². The van der Waals surface area contributed by atoms with E-state index in [2.05, 4.69) is 73.5 Å². The van der Waals surface area contributed by atoms with E-state index in [1.54, 1.807) is 6.07 Å². The van der Waals surface area contributed by atoms with Gasteiger partial charge in [-0.1, -0.05) is 17.9 Å². The maximum Gasteiger partial charge on any atom is 0.266 e. The second kappa shape index (κ2) is 14.6. The molecule has 0 unspecified atom stereocenters. The van der Waals surface area contributed by atoms with E-state index in [-0.39, 0.29) is 29.6 Å². The fourth-order valence-corrected chi connectivity index (χ4v) is 5.64. The Kier molecular flexibility index (Phi) is 9.87. The Balaban J connectivity index is 1.06. The number of carbonyl (C=O) groups is 1. The topological polar surface area (TPSA) is 108 Å². The first kappa shape index (κ1) is 33.2. The molecule has 1 aliphatic heterocycles. The molecule has 1 aliphatic rings. The van der Waals surface area contributed by atoms with E-state index in [4.69, 9.17) is 0 Å². The molecule has 0 aliphatic carbocycles. The van der Waals surface area contributed by atoms with Crippen molar-refractivity contribution in [2.75, 3.05) is 43.9 Å². The van der Waals surface area contributed by atoms with Gasteiger partial charge in [-0.25, -0.2) is 28.1 Å². The number of halogens is 3. The fourth-order valence-electron chi connectivity index (χ4n) is 5.64. The van der Waals surface area contributed by atoms with Gasteiger partial charge < -0.3 is 20.4 Å². The minimum Gasteiger partial charge on any atom is -0.372 e. The largest absolute Gasteiger partial charge is 0.372 e. The van der Waals surface area contributed by atoms with E-state index in [1.165, 1.54) is 24.7 Å². The first-order valence-electron chi connectivity index (χ1n) is 15.7. The number of anilines is 3. The smallest absolute Gasteiger partial charge is 0.266 e. The van der Waals surface area contributed by atoms with Crippen molar-refractivity contribution in [1.82, 2.24) is 29.7 Å². The van der Waals surface area contributed by atoms with Crippen LogP contribution in [0, 0.1) is 29.3 Å². The summed E-state index contributed by atoms with van der Waals surface area (Å²) in [5.41, 5.74) is 1.80. The number of benzene rings is 3. The van der Waals surface area contributed by atoms with E-state index >= 15 is 4.39 Å². The molecule has 3 heterocycles. The lowest BCUT2D eigenvalue weighted by Gasteiger charge is -2.36. The maximum atomic E-state index is 15.3. The lowest BCUT2D eigenvalue weighted by atomic mass is 10.0. The summed E-state index contributed by atoms with van der Waals surface area (Å²) in [7, 11) is 4.28. The summed E-state index contributed by atoms with van der Waals surface area (Å²) < 4.78 is 43.2. The zero-order valence-electron chi connectivity index (χ0n) is 26.9. The summed E-state index contributed by atoms with van der Waals surface area (Å²) in [6.07, 6.45) is 5.94. The molecule has 0 saturated carbocycles. The quantitative estimate of drug-likeness (QED) is 0.230. The minimum absolute atomic E-state index is 0.0886. The highest BCUT2D eigenvalue weighted by atomic mass is 19.2. The van der Waals surface area contributed by atoms with E-state index in [1.807, 2.05) is 12.1 Å². The van der Waals surface area contributed by atoms with Gasteiger partial charge in [0, 0.05) is 36.9 Å². The number of amides is 1. The van der Waals surface area contributed by atoms with Crippen LogP contribution in [-0.2, 0) is 6.54 Å². The van der Waals surface area contributed by atoms with E-state index in [9.17, 15) is 18.4 Å². The van der Waals surface area contributed by atoms with Gasteiger partial charge in [0.2, 0.25) is 5.95 Å². The molecule has 0 radical (unpaired) electrons. The zero-order valence-corrected chi connectivity index (χ0v) is 26.9. The third-order valence-corrected chi connectivity index (χ3v) is 8.51. The van der Waals surface area contributed by atoms with Crippen molar-refractivity contribution in [3.63, 3.8) is 0 Å². The molecule has 49 heavy (non-hydrogen) atoms. The molecule has 0 bridgehead atoms. The summed E-state index contributed by atoms with van der Waals surface area (Å²) in [6.45, 7) is 1.88. The van der Waals surface area contributed by atoms with Crippen molar-refractivity contribution in [1.29, 1.82) is 0 Å². The normalized spacial score (nSPS) is 13.5. The van der Waals surface area contributed by atoms with Crippen LogP contribution >= 0.6 is 0 Å². The van der Waals surface area contributed by atoms with Crippen LogP contribution in [-0.4, -0.2) is 70.1 Å². The number of hydrogen-bond donors (Lipinski definition) is 2. The Labute approximate surface area is 280 Å². The number of carbonyl (C=O) groups excluding carboxylic acids is 1. The molecule has 1 amide bonds. The van der Waals surface area contributed by atoms with E-state index in [0.717, 1.165) is 60.2 Å². The molecular formula is C36H33F3N8O2. The van der Waals surface area contributed by atoms with Gasteiger partial charge in [-0.3, -0.25) is 14.2 Å². The average Bonchev–Trinajstić information content (AvgIpc) is 3.10. The summed E-state index contributed by atoms with van der Waals surface area (Å²) in [5, 5.41) is 5.86. The maximum absolute atomic E-state index is 15.3. The van der Waals surface area contributed by atoms with Crippen molar-refractivity contribution in [2.45, 2.75) is 25.4 Å². The van der Waals surface area contributed by atoms with Gasteiger partial charge in [0.15, 0.2) is 11.6 Å². The number of fused-ring (bicyclic) bond motifs is 1. The summed E-state index contributed by atoms with van der Waals surface area (Å²) in [4.78, 5) is 42.8. The highest BCUT2D eigenvalue weighted by molar-refractivity contribution is 5.93. The second-order valence-corrected chi connectivity index (χ2v) is 11.8. The monoisotopic (exact) mass is 666 g/mol. The fraction of sp³-hybridized carbons (Fsp3) is 0.250. The van der Waals surface area contributed by atoms with Crippen molar-refractivity contribution in [2.24, 2.45) is 0 Å². The third kappa shape index (κ3) is 7.71. The SMILES string of the molecule is CN1CCC(N(C)c2ccc(Nc3ncc4c(F)c(C#CCNC(=O)c5cncn(Cc6ccc(F)c(F)c6)c5=O)ccc4n3)cc2)CC1. The van der Waals surface area contributed by atoms with Crippen molar-refractivity contribution in [3.05, 3.63) is 118 Å². The molecule has 5 aromatic rings. The van der Waals surface area contributed by atoms with Gasteiger partial charge in [0.1, 0.15) is 11.4 Å². The van der Waals surface area contributed by atoms with Gasteiger partial charge in [-0.15, -0.1) is 0 Å². The molecule has 250 valence electrons. The van der Waals surface area contributed by atoms with Crippen LogP contribution in [0.3, 0.4) is 0 Å². The molecule has 1 saturated heterocycles. The number of aromatic nitrogens is 4. The molecule has 2 N–H and O–H groups in total. The van der Waals surface area contributed by atoms with Gasteiger partial charge in [0.25, 0.3) is 11.5 Å². The van der Waals surface area contributed by atoms with Crippen LogP contribution in [0.1, 0.15) is 34.3 Å². The summed E-state index contributed by atoms with van der Waals surface area (Å²) in [6, 6.07) is 14.9. The van der Waals surface area contributed by atoms with Crippen molar-refractivity contribution < 1.29 is 18.0 Å². The molecule has 13 heteroatoms. The minimum atomic E-state index is -1.05. The molecule has 1 fully saturated rings. The Hall–Kier alpha value is -5.74. The Morgan fingerprint density at radius 2 is 1.80 bits per heavy atom. The van der Waals surface area contributed by atoms with Crippen LogP contribution in [0.15, 0.2) is 78.1 Å². The molecule has 0 atom stereocenters. The third-order valence-electron chi connectivity index (χ3n) is 8.51. The lowest BCUT2D eigenvalue weighted by molar-refractivity contribution is 0.0956. The van der Waals surface area contributed by atoms with Gasteiger partial charge >= 0.3 is 0 Å². The summed E-state index contributed by atoms with van der Waals surface area (Å²) in [5.74, 6) is 2.30. The molecule has 2 aromatic heterocycles. The Morgan fingerprint density at radius 3 is 2.55 bits per heavy atom. The van der Waals surface area contributed by atoms with Crippen LogP contribution in [0.4, 0.5) is 30.5 Å². The predicted molar refractivity (Wildman–Crippen MR) is 181 cm³/mol. The number of hydrogen-bond acceptors (Lipinski definition) is 8. The standard InChI is InChI=1S/C36H33F3N8O2/c1-45-16-13-27(14-17-45)46(2)26-9-7-25(8-10-26)43-36-42-20-28-32(44-36)12-6-24(33(28)39)4-3-15-41-34(48)29-19-40-22-47(35(29)49)21-23-5-11-30(37)31(38)18-23/h5-12,18-20,22,27H,13-17,21H2,1-2H3,(H,41,48)(H,42,43,44). The highest BCUT2D eigenvalue weighted by Crippen LogP contribution is 2.25. The second-order valence-electron chi connectivity index (χ2n) is 11.8. The molecule has 3 aromatic carbocycles. The zero-order chi connectivity index (χ0) is 34.5. The predicted octanol–water partition coefficient (Wildman–Crippen LogP) is 4.71. The first-order valence-corrected chi connectivity index (χ1v) is 15.7. The van der Waals surface area contributed by atoms with Crippen LogP contribution < -0.4 is 21.1 Å². The highest BCUT2D eigenvalue weighted by Gasteiger charge is 2.21. The number of nitrogens with one attached hydrogen (secondary N) is 2. The van der Waals surface area contributed by atoms with Crippen LogP contribution in [0.25, 0.3) is 10.9 Å². The number of rotatable bonds is 8. The lowest BCUT2D eigenvalue weighted by Crippen LogP contribution is -2.41. The Morgan fingerprint density at radius 1 is 1.02 bits per heavy atom.